The first-order valence-corrected chi connectivity index (χ1v) is 7.36. The van der Waals surface area contributed by atoms with Crippen LogP contribution < -0.4 is 4.90 Å². The smallest absolute Gasteiger partial charge is 0.312 e. The lowest BCUT2D eigenvalue weighted by Crippen LogP contribution is -2.39. The van der Waals surface area contributed by atoms with Crippen LogP contribution in [0.25, 0.3) is 0 Å². The highest BCUT2D eigenvalue weighted by molar-refractivity contribution is 5.94. The van der Waals surface area contributed by atoms with Gasteiger partial charge in [-0.3, -0.25) is 14.3 Å². The Balaban J connectivity index is 2.00. The van der Waals surface area contributed by atoms with Crippen LogP contribution in [-0.4, -0.2) is 40.5 Å². The summed E-state index contributed by atoms with van der Waals surface area (Å²) < 4.78 is 26.4. The number of anilines is 1. The molecular weight excluding hydrogens is 302 g/mol. The van der Waals surface area contributed by atoms with Crippen LogP contribution >= 0.6 is 0 Å². The van der Waals surface area contributed by atoms with Crippen LogP contribution in [0.3, 0.4) is 0 Å². The number of imidazole rings is 1. The Morgan fingerprint density at radius 2 is 2.00 bits per heavy atom. The third-order valence-corrected chi connectivity index (χ3v) is 3.46. The van der Waals surface area contributed by atoms with Gasteiger partial charge in [-0.15, -0.1) is 0 Å². The molecule has 2 aromatic rings. The summed E-state index contributed by atoms with van der Waals surface area (Å²) in [5.41, 5.74) is 0.822. The summed E-state index contributed by atoms with van der Waals surface area (Å²) in [5, 5.41) is 0. The first kappa shape index (κ1) is 17.1. The van der Waals surface area contributed by atoms with Gasteiger partial charge >= 0.3 is 6.55 Å². The van der Waals surface area contributed by atoms with Crippen molar-refractivity contribution in [2.24, 2.45) is 0 Å². The van der Waals surface area contributed by atoms with E-state index < -0.39 is 6.55 Å². The average molecular weight is 322 g/mol. The van der Waals surface area contributed by atoms with E-state index in [0.29, 0.717) is 6.54 Å². The SMILES string of the molecule is CCN(C(=O)CN(C)Cc1nccn1C(F)F)c1ccccc1. The van der Waals surface area contributed by atoms with E-state index in [1.54, 1.807) is 16.8 Å². The van der Waals surface area contributed by atoms with Gasteiger partial charge in [0.2, 0.25) is 5.91 Å². The van der Waals surface area contributed by atoms with E-state index in [1.807, 2.05) is 37.3 Å². The highest BCUT2D eigenvalue weighted by Crippen LogP contribution is 2.15. The quantitative estimate of drug-likeness (QED) is 0.787. The maximum absolute atomic E-state index is 12.8. The largest absolute Gasteiger partial charge is 0.319 e. The summed E-state index contributed by atoms with van der Waals surface area (Å²) in [4.78, 5) is 19.7. The van der Waals surface area contributed by atoms with Gasteiger partial charge in [0.1, 0.15) is 5.82 Å². The second-order valence-corrected chi connectivity index (χ2v) is 5.17. The molecule has 0 saturated carbocycles. The summed E-state index contributed by atoms with van der Waals surface area (Å²) in [6.07, 6.45) is 2.57. The van der Waals surface area contributed by atoms with E-state index in [-0.39, 0.29) is 24.8 Å². The molecule has 5 nitrogen and oxygen atoms in total. The summed E-state index contributed by atoms with van der Waals surface area (Å²) in [6, 6.07) is 9.36. The molecule has 23 heavy (non-hydrogen) atoms. The number of amides is 1. The number of nitrogens with zero attached hydrogens (tertiary/aromatic N) is 4. The van der Waals surface area contributed by atoms with Gasteiger partial charge < -0.3 is 4.90 Å². The number of carbonyl (C=O) groups excluding carboxylic acids is 1. The topological polar surface area (TPSA) is 41.4 Å². The van der Waals surface area contributed by atoms with Crippen molar-refractivity contribution < 1.29 is 13.6 Å². The molecule has 0 aliphatic rings. The van der Waals surface area contributed by atoms with Crippen LogP contribution in [0.15, 0.2) is 42.7 Å². The molecule has 0 atom stereocenters. The molecule has 0 unspecified atom stereocenters. The number of aromatic nitrogens is 2. The number of hydrogen-bond acceptors (Lipinski definition) is 3. The summed E-state index contributed by atoms with van der Waals surface area (Å²) >= 11 is 0. The Morgan fingerprint density at radius 1 is 1.30 bits per heavy atom. The van der Waals surface area contributed by atoms with Gasteiger partial charge in [0.15, 0.2) is 0 Å². The van der Waals surface area contributed by atoms with Crippen LogP contribution in [0.5, 0.6) is 0 Å². The normalized spacial score (nSPS) is 11.2. The van der Waals surface area contributed by atoms with Gasteiger partial charge in [-0.05, 0) is 26.1 Å². The number of carbonyl (C=O) groups is 1. The minimum Gasteiger partial charge on any atom is -0.312 e. The van der Waals surface area contributed by atoms with Crippen LogP contribution in [0, 0.1) is 0 Å². The van der Waals surface area contributed by atoms with Gasteiger partial charge in [-0.2, -0.15) is 8.78 Å². The first-order chi connectivity index (χ1) is 11.0. The molecule has 0 aliphatic heterocycles. The van der Waals surface area contributed by atoms with Crippen molar-refractivity contribution in [1.82, 2.24) is 14.5 Å². The van der Waals surface area contributed by atoms with Crippen molar-refractivity contribution in [3.63, 3.8) is 0 Å². The number of hydrogen-bond donors (Lipinski definition) is 0. The maximum atomic E-state index is 12.8. The minimum atomic E-state index is -2.63. The van der Waals surface area contributed by atoms with Gasteiger partial charge in [0.25, 0.3) is 0 Å². The number of rotatable bonds is 7. The number of halogens is 2. The lowest BCUT2D eigenvalue weighted by Gasteiger charge is -2.24. The molecule has 1 aromatic heterocycles. The molecule has 0 bridgehead atoms. The average Bonchev–Trinajstić information content (AvgIpc) is 2.97. The number of benzene rings is 1. The molecule has 1 amide bonds. The monoisotopic (exact) mass is 322 g/mol. The van der Waals surface area contributed by atoms with E-state index in [9.17, 15) is 13.6 Å². The Bertz CT molecular complexity index is 630. The van der Waals surface area contributed by atoms with Crippen molar-refractivity contribution in [2.45, 2.75) is 20.0 Å². The van der Waals surface area contributed by atoms with Crippen LogP contribution in [0.2, 0.25) is 0 Å². The van der Waals surface area contributed by atoms with Gasteiger partial charge in [0.05, 0.1) is 13.1 Å². The number of alkyl halides is 2. The van der Waals surface area contributed by atoms with Crippen molar-refractivity contribution in [3.8, 4) is 0 Å². The van der Waals surface area contributed by atoms with Gasteiger partial charge in [0, 0.05) is 24.6 Å². The molecule has 0 radical (unpaired) electrons. The third kappa shape index (κ3) is 4.35. The zero-order valence-electron chi connectivity index (χ0n) is 13.2. The lowest BCUT2D eigenvalue weighted by molar-refractivity contribution is -0.119. The van der Waals surface area contributed by atoms with E-state index in [4.69, 9.17) is 0 Å². The Labute approximate surface area is 134 Å². The summed E-state index contributed by atoms with van der Waals surface area (Å²) in [7, 11) is 1.71. The minimum absolute atomic E-state index is 0.0867. The first-order valence-electron chi connectivity index (χ1n) is 7.36. The fourth-order valence-corrected chi connectivity index (χ4v) is 2.37. The second kappa shape index (κ2) is 7.82. The fraction of sp³-hybridized carbons (Fsp3) is 0.375. The van der Waals surface area contributed by atoms with E-state index in [0.717, 1.165) is 10.3 Å². The molecule has 0 saturated heterocycles. The highest BCUT2D eigenvalue weighted by atomic mass is 19.3. The molecule has 0 aliphatic carbocycles. The number of para-hydroxylation sites is 1. The molecule has 0 N–H and O–H groups in total. The van der Waals surface area contributed by atoms with Gasteiger partial charge in [-0.25, -0.2) is 4.98 Å². The van der Waals surface area contributed by atoms with Crippen LogP contribution in [-0.2, 0) is 11.3 Å². The van der Waals surface area contributed by atoms with Gasteiger partial charge in [-0.1, -0.05) is 18.2 Å². The standard InChI is InChI=1S/C16H20F2N4O/c1-3-21(13-7-5-4-6-8-13)15(23)12-20(2)11-14-19-9-10-22(14)16(17)18/h4-10,16H,3,11-12H2,1-2H3. The Kier molecular flexibility index (Phi) is 5.81. The zero-order chi connectivity index (χ0) is 16.8. The van der Waals surface area contributed by atoms with Crippen LogP contribution in [0.1, 0.15) is 19.3 Å². The predicted octanol–water partition coefficient (Wildman–Crippen LogP) is 2.76. The maximum Gasteiger partial charge on any atom is 0.319 e. The fourth-order valence-electron chi connectivity index (χ4n) is 2.37. The van der Waals surface area contributed by atoms with E-state index >= 15 is 0 Å². The van der Waals surface area contributed by atoms with E-state index in [1.165, 1.54) is 12.4 Å². The molecule has 0 spiro atoms. The summed E-state index contributed by atoms with van der Waals surface area (Å²) in [5.74, 6) is 0.148. The van der Waals surface area contributed by atoms with Crippen molar-refractivity contribution in [3.05, 3.63) is 48.5 Å². The Hall–Kier alpha value is -2.28. The second-order valence-electron chi connectivity index (χ2n) is 5.17. The Morgan fingerprint density at radius 3 is 2.61 bits per heavy atom. The molecule has 124 valence electrons. The molecular formula is C16H20F2N4O. The van der Waals surface area contributed by atoms with Crippen molar-refractivity contribution in [2.75, 3.05) is 25.0 Å². The molecule has 7 heteroatoms. The molecule has 0 fully saturated rings. The van der Waals surface area contributed by atoms with Crippen molar-refractivity contribution in [1.29, 1.82) is 0 Å². The summed E-state index contributed by atoms with van der Waals surface area (Å²) in [6.45, 7) is 0.110. The third-order valence-electron chi connectivity index (χ3n) is 3.46. The zero-order valence-corrected chi connectivity index (χ0v) is 13.2. The molecule has 1 heterocycles. The predicted molar refractivity (Wildman–Crippen MR) is 84.3 cm³/mol. The van der Waals surface area contributed by atoms with Crippen LogP contribution in [0.4, 0.5) is 14.5 Å². The molecule has 2 rings (SSSR count). The molecule has 1 aromatic carbocycles. The van der Waals surface area contributed by atoms with Crippen molar-refractivity contribution >= 4 is 11.6 Å². The lowest BCUT2D eigenvalue weighted by atomic mass is 10.3. The number of likely N-dealkylation sites (N-methyl/N-ethyl adjacent to an activating group) is 2. The highest BCUT2D eigenvalue weighted by Gasteiger charge is 2.18. The van der Waals surface area contributed by atoms with E-state index in [2.05, 4.69) is 4.98 Å².